The number of alkyl halides is 1. The Bertz CT molecular complexity index is 1590. The maximum Gasteiger partial charge on any atom is 0.294 e. The predicted octanol–water partition coefficient (Wildman–Crippen LogP) is 8.01. The van der Waals surface area contributed by atoms with E-state index >= 15 is 0 Å². The van der Waals surface area contributed by atoms with E-state index in [1.165, 1.54) is 76.3 Å². The molecule has 0 bridgehead atoms. The largest absolute Gasteiger partial charge is 0.339 e. The Morgan fingerprint density at radius 1 is 0.773 bits per heavy atom. The van der Waals surface area contributed by atoms with Crippen LogP contribution in [0.1, 0.15) is 96.8 Å². The number of unbranched alkanes of at least 4 members (excludes halogenated alkanes) is 13. The van der Waals surface area contributed by atoms with Gasteiger partial charge >= 0.3 is 0 Å². The molecule has 244 valence electrons. The number of nitrogens with zero attached hydrogens (tertiary/aromatic N) is 2. The topological polar surface area (TPSA) is 118 Å². The number of aromatic nitrogens is 1. The first-order chi connectivity index (χ1) is 21.2. The van der Waals surface area contributed by atoms with Gasteiger partial charge in [-0.1, -0.05) is 121 Å². The predicted molar refractivity (Wildman–Crippen MR) is 181 cm³/mol. The molecule has 0 aliphatic rings. The standard InChI is InChI=1S/C33H48ClN3O5S2/c1-2-3-4-5-6-7-8-9-10-11-12-13-14-18-25-43(38,39)36-35-31-27-33(28-19-16-15-17-20-28)37(24-23-34)32-22-21-29(26-30(31)32)44(40,41)42/h15-17,19-22,26-27,36H,2-14,18,23-25H2,1H3,(H,40,41,42)/b35-31-. The molecule has 0 atom stereocenters. The molecular formula is C33H48ClN3O5S2. The van der Waals surface area contributed by atoms with Crippen LogP contribution in [-0.4, -0.2) is 37.6 Å². The van der Waals surface area contributed by atoms with Crippen LogP contribution in [0.3, 0.4) is 0 Å². The van der Waals surface area contributed by atoms with Crippen LogP contribution in [-0.2, 0) is 26.7 Å². The Labute approximate surface area is 268 Å². The van der Waals surface area contributed by atoms with E-state index in [1.807, 2.05) is 34.9 Å². The van der Waals surface area contributed by atoms with Crippen molar-refractivity contribution in [3.63, 3.8) is 0 Å². The Hall–Kier alpha value is -2.40. The van der Waals surface area contributed by atoms with Crippen LogP contribution in [0.4, 0.5) is 0 Å². The Balaban J connectivity index is 1.63. The van der Waals surface area contributed by atoms with Gasteiger partial charge in [-0.3, -0.25) is 4.55 Å². The molecule has 0 spiro atoms. The molecular weight excluding hydrogens is 618 g/mol. The van der Waals surface area contributed by atoms with Gasteiger partial charge in [0.15, 0.2) is 0 Å². The highest BCUT2D eigenvalue weighted by molar-refractivity contribution is 7.89. The van der Waals surface area contributed by atoms with Crippen molar-refractivity contribution in [1.29, 1.82) is 0 Å². The summed E-state index contributed by atoms with van der Waals surface area (Å²) >= 11 is 6.12. The van der Waals surface area contributed by atoms with Crippen molar-refractivity contribution in [3.05, 3.63) is 60.0 Å². The summed E-state index contributed by atoms with van der Waals surface area (Å²) in [6.07, 6.45) is 16.6. The maximum absolute atomic E-state index is 12.8. The molecule has 1 heterocycles. The summed E-state index contributed by atoms with van der Waals surface area (Å²) in [5.74, 6) is 0.245. The monoisotopic (exact) mass is 665 g/mol. The van der Waals surface area contributed by atoms with Gasteiger partial charge in [-0.15, -0.1) is 11.6 Å². The van der Waals surface area contributed by atoms with Gasteiger partial charge in [-0.05, 0) is 36.2 Å². The first kappa shape index (κ1) is 36.1. The minimum atomic E-state index is -4.49. The van der Waals surface area contributed by atoms with Gasteiger partial charge in [0.05, 0.1) is 27.2 Å². The number of halogens is 1. The summed E-state index contributed by atoms with van der Waals surface area (Å²) in [5.41, 5.74) is 2.20. The molecule has 1 aromatic heterocycles. The summed E-state index contributed by atoms with van der Waals surface area (Å²) < 4.78 is 61.1. The van der Waals surface area contributed by atoms with Crippen molar-refractivity contribution in [1.82, 2.24) is 9.40 Å². The van der Waals surface area contributed by atoms with Crippen LogP contribution in [0.2, 0.25) is 0 Å². The fraction of sp³-hybridized carbons (Fsp3) is 0.545. The van der Waals surface area contributed by atoms with Crippen molar-refractivity contribution in [2.24, 2.45) is 5.10 Å². The molecule has 0 saturated carbocycles. The van der Waals surface area contributed by atoms with Crippen LogP contribution in [0.5, 0.6) is 0 Å². The van der Waals surface area contributed by atoms with Gasteiger partial charge in [0, 0.05) is 17.8 Å². The molecule has 2 aromatic carbocycles. The number of fused-ring (bicyclic) bond motifs is 1. The molecule has 0 aliphatic heterocycles. The van der Waals surface area contributed by atoms with E-state index in [4.69, 9.17) is 11.6 Å². The number of benzene rings is 2. The number of rotatable bonds is 21. The smallest absolute Gasteiger partial charge is 0.294 e. The molecule has 0 unspecified atom stereocenters. The molecule has 0 fully saturated rings. The average Bonchev–Trinajstić information content (AvgIpc) is 3.00. The molecule has 0 radical (unpaired) electrons. The number of hydrogen-bond donors (Lipinski definition) is 2. The van der Waals surface area contributed by atoms with Gasteiger partial charge in [0.25, 0.3) is 10.1 Å². The van der Waals surface area contributed by atoms with Crippen LogP contribution >= 0.6 is 11.6 Å². The number of sulfonamides is 1. The van der Waals surface area contributed by atoms with Gasteiger partial charge in [0.1, 0.15) is 0 Å². The lowest BCUT2D eigenvalue weighted by Crippen LogP contribution is -2.25. The first-order valence-corrected chi connectivity index (χ1v) is 19.6. The number of nitrogens with one attached hydrogen (secondary N) is 1. The molecule has 8 nitrogen and oxygen atoms in total. The van der Waals surface area contributed by atoms with Crippen molar-refractivity contribution in [2.45, 2.75) is 108 Å². The third-order valence-electron chi connectivity index (χ3n) is 7.85. The first-order valence-electron chi connectivity index (χ1n) is 16.0. The molecule has 0 aliphatic carbocycles. The van der Waals surface area contributed by atoms with Crippen molar-refractivity contribution < 1.29 is 21.4 Å². The number of pyridine rings is 1. The molecule has 0 amide bonds. The molecule has 2 N–H and O–H groups in total. The SMILES string of the molecule is CCCCCCCCCCCCCCCCS(=O)(=O)N/N=c1/cc(-c2ccccc2)n(CCCl)c2ccc(S(=O)(=O)O)cc12. The molecule has 3 rings (SSSR count). The van der Waals surface area contributed by atoms with E-state index in [2.05, 4.69) is 16.9 Å². The van der Waals surface area contributed by atoms with Crippen molar-refractivity contribution in [2.75, 3.05) is 11.6 Å². The van der Waals surface area contributed by atoms with Gasteiger partial charge < -0.3 is 4.57 Å². The van der Waals surface area contributed by atoms with E-state index in [0.717, 1.165) is 30.5 Å². The van der Waals surface area contributed by atoms with E-state index in [-0.39, 0.29) is 16.0 Å². The van der Waals surface area contributed by atoms with Gasteiger partial charge in [-0.25, -0.2) is 13.2 Å². The average molecular weight is 666 g/mol. The summed E-state index contributed by atoms with van der Waals surface area (Å²) in [5, 5.41) is 4.84. The highest BCUT2D eigenvalue weighted by Crippen LogP contribution is 2.25. The molecule has 44 heavy (non-hydrogen) atoms. The minimum absolute atomic E-state index is 0.0483. The van der Waals surface area contributed by atoms with Gasteiger partial charge in [-0.2, -0.15) is 13.5 Å². The van der Waals surface area contributed by atoms with Crippen LogP contribution < -0.4 is 10.2 Å². The lowest BCUT2D eigenvalue weighted by atomic mass is 10.0. The second kappa shape index (κ2) is 18.5. The third kappa shape index (κ3) is 11.8. The summed E-state index contributed by atoms with van der Waals surface area (Å²) in [6, 6.07) is 15.4. The maximum atomic E-state index is 12.8. The Morgan fingerprint density at radius 3 is 1.89 bits per heavy atom. The van der Waals surface area contributed by atoms with Crippen LogP contribution in [0.15, 0.2) is 64.6 Å². The number of aryl methyl sites for hydroxylation is 1. The number of hydrogen-bond acceptors (Lipinski definition) is 5. The quantitative estimate of drug-likeness (QED) is 0.0517. The summed E-state index contributed by atoms with van der Waals surface area (Å²) in [7, 11) is -8.20. The van der Waals surface area contributed by atoms with Crippen molar-refractivity contribution in [3.8, 4) is 11.3 Å². The zero-order chi connectivity index (χ0) is 31.8. The molecule has 0 saturated heterocycles. The lowest BCUT2D eigenvalue weighted by Gasteiger charge is -2.17. The fourth-order valence-electron chi connectivity index (χ4n) is 5.45. The second-order valence-electron chi connectivity index (χ2n) is 11.4. The Kier molecular flexibility index (Phi) is 15.2. The summed E-state index contributed by atoms with van der Waals surface area (Å²) in [4.78, 5) is 2.04. The Morgan fingerprint density at radius 2 is 1.34 bits per heavy atom. The third-order valence-corrected chi connectivity index (χ3v) is 10.1. The van der Waals surface area contributed by atoms with Crippen LogP contribution in [0.25, 0.3) is 22.2 Å². The molecule has 11 heteroatoms. The van der Waals surface area contributed by atoms with E-state index in [1.54, 1.807) is 12.1 Å². The van der Waals surface area contributed by atoms with Gasteiger partial charge in [0.2, 0.25) is 10.0 Å². The van der Waals surface area contributed by atoms with E-state index in [0.29, 0.717) is 29.7 Å². The second-order valence-corrected chi connectivity index (χ2v) is 15.0. The fourth-order valence-corrected chi connectivity index (χ4v) is 7.04. The van der Waals surface area contributed by atoms with Crippen LogP contribution in [0, 0.1) is 0 Å². The normalized spacial score (nSPS) is 12.7. The zero-order valence-electron chi connectivity index (χ0n) is 25.9. The highest BCUT2D eigenvalue weighted by atomic mass is 35.5. The zero-order valence-corrected chi connectivity index (χ0v) is 28.3. The van der Waals surface area contributed by atoms with E-state index in [9.17, 15) is 21.4 Å². The summed E-state index contributed by atoms with van der Waals surface area (Å²) in [6.45, 7) is 2.66. The molecule has 3 aromatic rings. The van der Waals surface area contributed by atoms with Crippen molar-refractivity contribution >= 4 is 42.6 Å². The lowest BCUT2D eigenvalue weighted by molar-refractivity contribution is 0.483. The minimum Gasteiger partial charge on any atom is -0.339 e. The highest BCUT2D eigenvalue weighted by Gasteiger charge is 2.16. The van der Waals surface area contributed by atoms with E-state index < -0.39 is 20.1 Å².